The van der Waals surface area contributed by atoms with E-state index in [4.69, 9.17) is 5.11 Å². The van der Waals surface area contributed by atoms with Gasteiger partial charge in [0, 0.05) is 19.2 Å². The maximum Gasteiger partial charge on any atom is 0.433 e. The summed E-state index contributed by atoms with van der Waals surface area (Å²) in [6.45, 7) is -0.0167. The van der Waals surface area contributed by atoms with Gasteiger partial charge in [-0.3, -0.25) is 0 Å². The molecule has 0 saturated carbocycles. The number of rotatable bonds is 6. The van der Waals surface area contributed by atoms with Crippen molar-refractivity contribution in [3.8, 4) is 0 Å². The average Bonchev–Trinajstić information content (AvgIpc) is 2.51. The summed E-state index contributed by atoms with van der Waals surface area (Å²) in [4.78, 5) is 7.10. The van der Waals surface area contributed by atoms with Gasteiger partial charge in [0.15, 0.2) is 17.3 Å². The van der Waals surface area contributed by atoms with Gasteiger partial charge < -0.3 is 15.7 Å². The van der Waals surface area contributed by atoms with Crippen LogP contribution in [0.25, 0.3) is 0 Å². The predicted molar refractivity (Wildman–Crippen MR) is 76.9 cm³/mol. The van der Waals surface area contributed by atoms with Crippen molar-refractivity contribution in [3.63, 3.8) is 0 Å². The Labute approximate surface area is 133 Å². The van der Waals surface area contributed by atoms with E-state index in [9.17, 15) is 22.0 Å². The molecule has 24 heavy (non-hydrogen) atoms. The molecule has 0 unspecified atom stereocenters. The van der Waals surface area contributed by atoms with E-state index in [2.05, 4.69) is 20.6 Å². The molecule has 0 aliphatic rings. The number of aliphatic hydroxyl groups is 1. The Morgan fingerprint density at radius 2 is 1.88 bits per heavy atom. The van der Waals surface area contributed by atoms with Crippen LogP contribution >= 0.6 is 0 Å². The molecule has 2 aromatic rings. The van der Waals surface area contributed by atoms with Gasteiger partial charge in [-0.05, 0) is 18.6 Å². The lowest BCUT2D eigenvalue weighted by Gasteiger charge is -2.13. The SMILES string of the molecule is OCCCNc1nc(Nc2cccc(F)c2F)cc(C(F)(F)F)n1. The number of anilines is 3. The van der Waals surface area contributed by atoms with Gasteiger partial charge in [-0.2, -0.15) is 18.2 Å². The molecular weight excluding hydrogens is 335 g/mol. The van der Waals surface area contributed by atoms with E-state index in [0.717, 1.165) is 12.1 Å². The van der Waals surface area contributed by atoms with Crippen LogP contribution in [0.5, 0.6) is 0 Å². The van der Waals surface area contributed by atoms with E-state index in [1.807, 2.05) is 0 Å². The smallest absolute Gasteiger partial charge is 0.396 e. The van der Waals surface area contributed by atoms with Crippen molar-refractivity contribution in [2.24, 2.45) is 0 Å². The minimum absolute atomic E-state index is 0.144. The Morgan fingerprint density at radius 3 is 2.54 bits per heavy atom. The number of aliphatic hydroxyl groups excluding tert-OH is 1. The fourth-order valence-corrected chi connectivity index (χ4v) is 1.75. The minimum atomic E-state index is -4.74. The highest BCUT2D eigenvalue weighted by Crippen LogP contribution is 2.31. The second kappa shape index (κ2) is 7.39. The Bertz CT molecular complexity index is 708. The molecule has 0 aliphatic carbocycles. The first-order chi connectivity index (χ1) is 11.3. The second-order valence-corrected chi connectivity index (χ2v) is 4.69. The molecule has 0 atom stereocenters. The van der Waals surface area contributed by atoms with E-state index in [-0.39, 0.29) is 37.0 Å². The molecule has 3 N–H and O–H groups in total. The van der Waals surface area contributed by atoms with Crippen molar-refractivity contribution in [3.05, 3.63) is 41.6 Å². The van der Waals surface area contributed by atoms with Crippen molar-refractivity contribution in [2.75, 3.05) is 23.8 Å². The topological polar surface area (TPSA) is 70.1 Å². The summed E-state index contributed by atoms with van der Waals surface area (Å²) in [5.74, 6) is -3.09. The molecule has 0 saturated heterocycles. The van der Waals surface area contributed by atoms with Crippen LogP contribution in [0.1, 0.15) is 12.1 Å². The van der Waals surface area contributed by atoms with E-state index in [0.29, 0.717) is 6.07 Å². The van der Waals surface area contributed by atoms with E-state index in [1.165, 1.54) is 6.07 Å². The number of nitrogens with zero attached hydrogens (tertiary/aromatic N) is 2. The quantitative estimate of drug-likeness (QED) is 0.552. The van der Waals surface area contributed by atoms with E-state index in [1.54, 1.807) is 0 Å². The zero-order valence-electron chi connectivity index (χ0n) is 12.2. The standard InChI is InChI=1S/C14H13F5N4O/c15-8-3-1-4-9(12(8)16)21-11-7-10(14(17,18)19)22-13(23-11)20-5-2-6-24/h1,3-4,7,24H,2,5-6H2,(H2,20,21,22,23). The van der Waals surface area contributed by atoms with Gasteiger partial charge in [0.1, 0.15) is 5.82 Å². The zero-order chi connectivity index (χ0) is 17.7. The number of hydrogen-bond acceptors (Lipinski definition) is 5. The second-order valence-electron chi connectivity index (χ2n) is 4.69. The first-order valence-electron chi connectivity index (χ1n) is 6.83. The lowest BCUT2D eigenvalue weighted by molar-refractivity contribution is -0.141. The third-order valence-corrected chi connectivity index (χ3v) is 2.85. The summed E-state index contributed by atoms with van der Waals surface area (Å²) in [5.41, 5.74) is -1.61. The average molecular weight is 348 g/mol. The lowest BCUT2D eigenvalue weighted by Crippen LogP contribution is -2.14. The van der Waals surface area contributed by atoms with Crippen LogP contribution in [0.2, 0.25) is 0 Å². The van der Waals surface area contributed by atoms with Crippen LogP contribution in [0.3, 0.4) is 0 Å². The number of benzene rings is 1. The molecule has 0 radical (unpaired) electrons. The molecule has 0 fully saturated rings. The number of nitrogens with one attached hydrogen (secondary N) is 2. The van der Waals surface area contributed by atoms with Crippen LogP contribution in [-0.2, 0) is 6.18 Å². The number of alkyl halides is 3. The molecule has 0 spiro atoms. The molecule has 1 aromatic heterocycles. The monoisotopic (exact) mass is 348 g/mol. The molecular formula is C14H13F5N4O. The number of halogens is 5. The molecule has 2 rings (SSSR count). The normalized spacial score (nSPS) is 11.4. The van der Waals surface area contributed by atoms with Gasteiger partial charge in [-0.15, -0.1) is 0 Å². The maximum atomic E-state index is 13.6. The molecule has 130 valence electrons. The highest BCUT2D eigenvalue weighted by atomic mass is 19.4. The first-order valence-corrected chi connectivity index (χ1v) is 6.83. The van der Waals surface area contributed by atoms with E-state index >= 15 is 0 Å². The van der Waals surface area contributed by atoms with Crippen LogP contribution in [0, 0.1) is 11.6 Å². The summed E-state index contributed by atoms with van der Waals surface area (Å²) in [7, 11) is 0. The summed E-state index contributed by atoms with van der Waals surface area (Å²) in [6.07, 6.45) is -4.46. The highest BCUT2D eigenvalue weighted by molar-refractivity contribution is 5.58. The third-order valence-electron chi connectivity index (χ3n) is 2.85. The van der Waals surface area contributed by atoms with Gasteiger partial charge in [-0.1, -0.05) is 6.07 Å². The Balaban J connectivity index is 2.33. The first kappa shape index (κ1) is 17.9. The van der Waals surface area contributed by atoms with Gasteiger partial charge in [0.2, 0.25) is 5.95 Å². The third kappa shape index (κ3) is 4.51. The molecule has 0 bridgehead atoms. The van der Waals surface area contributed by atoms with Gasteiger partial charge in [0.05, 0.1) is 5.69 Å². The highest BCUT2D eigenvalue weighted by Gasteiger charge is 2.33. The maximum absolute atomic E-state index is 13.6. The largest absolute Gasteiger partial charge is 0.433 e. The van der Waals surface area contributed by atoms with Crippen molar-refractivity contribution < 1.29 is 27.1 Å². The lowest BCUT2D eigenvalue weighted by atomic mass is 10.3. The van der Waals surface area contributed by atoms with E-state index < -0.39 is 23.5 Å². The molecule has 0 amide bonds. The molecule has 10 heteroatoms. The van der Waals surface area contributed by atoms with Gasteiger partial charge in [0.25, 0.3) is 0 Å². The Morgan fingerprint density at radius 1 is 1.12 bits per heavy atom. The van der Waals surface area contributed by atoms with Crippen LogP contribution in [0.15, 0.2) is 24.3 Å². The molecule has 1 aromatic carbocycles. The predicted octanol–water partition coefficient (Wildman–Crippen LogP) is 3.31. The van der Waals surface area contributed by atoms with Crippen molar-refractivity contribution in [1.29, 1.82) is 0 Å². The van der Waals surface area contributed by atoms with Crippen molar-refractivity contribution in [2.45, 2.75) is 12.6 Å². The summed E-state index contributed by atoms with van der Waals surface area (Å²) in [6, 6.07) is 3.82. The van der Waals surface area contributed by atoms with Crippen LogP contribution in [0.4, 0.5) is 39.4 Å². The van der Waals surface area contributed by atoms with Crippen molar-refractivity contribution >= 4 is 17.5 Å². The molecule has 5 nitrogen and oxygen atoms in total. The summed E-state index contributed by atoms with van der Waals surface area (Å²) >= 11 is 0. The fourth-order valence-electron chi connectivity index (χ4n) is 1.75. The minimum Gasteiger partial charge on any atom is -0.396 e. The molecule has 1 heterocycles. The van der Waals surface area contributed by atoms with Crippen LogP contribution in [-0.4, -0.2) is 28.2 Å². The summed E-state index contributed by atoms with van der Waals surface area (Å²) < 4.78 is 65.5. The van der Waals surface area contributed by atoms with Crippen LogP contribution < -0.4 is 10.6 Å². The van der Waals surface area contributed by atoms with Gasteiger partial charge in [-0.25, -0.2) is 13.8 Å². The van der Waals surface area contributed by atoms with Gasteiger partial charge >= 0.3 is 6.18 Å². The molecule has 0 aliphatic heterocycles. The summed E-state index contributed by atoms with van der Waals surface area (Å²) in [5, 5.41) is 13.5. The Kier molecular flexibility index (Phi) is 5.50. The fraction of sp³-hybridized carbons (Fsp3) is 0.286. The van der Waals surface area contributed by atoms with Crippen molar-refractivity contribution in [1.82, 2.24) is 9.97 Å². The number of hydrogen-bond donors (Lipinski definition) is 3. The number of aromatic nitrogens is 2. The Hall–Kier alpha value is -2.49. The zero-order valence-corrected chi connectivity index (χ0v) is 12.2.